The summed E-state index contributed by atoms with van der Waals surface area (Å²) in [6.07, 6.45) is 0. The molecule has 1 rings (SSSR count). The number of nitrogens with one attached hydrogen (secondary N) is 1. The van der Waals surface area contributed by atoms with E-state index < -0.39 is 0 Å². The molecule has 1 radical (unpaired) electrons. The molecule has 0 amide bonds. The topological polar surface area (TPSA) is 70.5 Å². The number of rotatable bonds is 0. The monoisotopic (exact) mass is 116 g/mol. The van der Waals surface area contributed by atoms with Gasteiger partial charge in [0.1, 0.15) is 6.67 Å². The first-order chi connectivity index (χ1) is 3.79. The Bertz CT molecular complexity index is 66.1. The van der Waals surface area contributed by atoms with Crippen LogP contribution in [0, 0.1) is 6.67 Å². The van der Waals surface area contributed by atoms with Crippen LogP contribution < -0.4 is 17.0 Å². The van der Waals surface area contributed by atoms with Crippen LogP contribution >= 0.6 is 0 Å². The van der Waals surface area contributed by atoms with E-state index in [1.807, 2.05) is 0 Å². The van der Waals surface area contributed by atoms with Gasteiger partial charge < -0.3 is 0 Å². The van der Waals surface area contributed by atoms with Crippen molar-refractivity contribution in [2.45, 2.75) is 0 Å². The molecule has 0 aliphatic carbocycles. The third-order valence-corrected chi connectivity index (χ3v) is 0.896. The zero-order chi connectivity index (χ0) is 5.98. The summed E-state index contributed by atoms with van der Waals surface area (Å²) in [5.41, 5.74) is 0. The molecular weight excluding hydrogens is 106 g/mol. The van der Waals surface area contributed by atoms with Crippen LogP contribution in [0.3, 0.4) is 0 Å². The predicted octanol–water partition coefficient (Wildman–Crippen LogP) is -2.02. The smallest absolute Gasteiger partial charge is 0.106 e. The maximum absolute atomic E-state index is 5.35. The van der Waals surface area contributed by atoms with Gasteiger partial charge in [-0.05, 0) is 0 Å². The van der Waals surface area contributed by atoms with E-state index in [0.717, 1.165) is 0 Å². The van der Waals surface area contributed by atoms with Crippen molar-refractivity contribution in [3.05, 3.63) is 6.67 Å². The molecule has 1 fully saturated rings. The minimum absolute atomic E-state index is 0.576. The molecule has 5 heteroatoms. The number of hydrogen-bond acceptors (Lipinski definition) is 5. The van der Waals surface area contributed by atoms with Crippen molar-refractivity contribution in [3.63, 3.8) is 0 Å². The molecule has 0 spiro atoms. The van der Waals surface area contributed by atoms with Crippen LogP contribution in [0.1, 0.15) is 0 Å². The highest BCUT2D eigenvalue weighted by Crippen LogP contribution is 1.87. The lowest BCUT2D eigenvalue weighted by Crippen LogP contribution is -2.55. The van der Waals surface area contributed by atoms with Crippen LogP contribution in [0.4, 0.5) is 0 Å². The van der Waals surface area contributed by atoms with Crippen LogP contribution in [0.2, 0.25) is 0 Å². The summed E-state index contributed by atoms with van der Waals surface area (Å²) in [7, 11) is 0. The Morgan fingerprint density at radius 3 is 2.62 bits per heavy atom. The van der Waals surface area contributed by atoms with Crippen molar-refractivity contribution in [3.8, 4) is 0 Å². The number of nitrogens with zero attached hydrogens (tertiary/aromatic N) is 2. The van der Waals surface area contributed by atoms with Crippen LogP contribution in [-0.4, -0.2) is 23.4 Å². The van der Waals surface area contributed by atoms with Crippen molar-refractivity contribution in [2.75, 3.05) is 13.3 Å². The van der Waals surface area contributed by atoms with Gasteiger partial charge in [-0.15, -0.1) is 0 Å². The summed E-state index contributed by atoms with van der Waals surface area (Å²) >= 11 is 0. The first-order valence-electron chi connectivity index (χ1n) is 2.37. The van der Waals surface area contributed by atoms with E-state index in [9.17, 15) is 0 Å². The third-order valence-electron chi connectivity index (χ3n) is 0.896. The molecule has 1 aliphatic rings. The van der Waals surface area contributed by atoms with Crippen LogP contribution in [0.25, 0.3) is 0 Å². The van der Waals surface area contributed by atoms with E-state index in [4.69, 9.17) is 11.7 Å². The van der Waals surface area contributed by atoms with E-state index in [2.05, 4.69) is 5.32 Å². The maximum Gasteiger partial charge on any atom is 0.106 e. The Kier molecular flexibility index (Phi) is 1.77. The van der Waals surface area contributed by atoms with Gasteiger partial charge in [-0.2, -0.15) is 0 Å². The minimum Gasteiger partial charge on any atom is -0.284 e. The van der Waals surface area contributed by atoms with Gasteiger partial charge in [0.15, 0.2) is 0 Å². The second-order valence-electron chi connectivity index (χ2n) is 1.74. The van der Waals surface area contributed by atoms with Crippen LogP contribution in [0.5, 0.6) is 0 Å². The van der Waals surface area contributed by atoms with Crippen molar-refractivity contribution in [1.82, 2.24) is 15.3 Å². The Morgan fingerprint density at radius 2 is 2.25 bits per heavy atom. The van der Waals surface area contributed by atoms with Gasteiger partial charge in [0.05, 0.1) is 13.3 Å². The second-order valence-corrected chi connectivity index (χ2v) is 1.74. The Labute approximate surface area is 48.2 Å². The summed E-state index contributed by atoms with van der Waals surface area (Å²) in [5.74, 6) is 10.7. The van der Waals surface area contributed by atoms with E-state index in [1.165, 1.54) is 5.01 Å². The SMILES string of the molecule is NN1[CH]NCN(N)C1. The molecule has 0 aromatic carbocycles. The normalized spacial score (nSPS) is 26.2. The highest BCUT2D eigenvalue weighted by Gasteiger charge is 2.09. The van der Waals surface area contributed by atoms with Crippen LogP contribution in [0.15, 0.2) is 0 Å². The maximum atomic E-state index is 5.35. The minimum atomic E-state index is 0.576. The zero-order valence-corrected chi connectivity index (χ0v) is 4.54. The molecule has 1 saturated heterocycles. The Morgan fingerprint density at radius 1 is 1.50 bits per heavy atom. The molecule has 1 aliphatic heterocycles. The molecule has 0 unspecified atom stereocenters. The highest BCUT2D eigenvalue weighted by atomic mass is 15.6. The molecule has 0 saturated carbocycles. The highest BCUT2D eigenvalue weighted by molar-refractivity contribution is 4.63. The van der Waals surface area contributed by atoms with E-state index in [1.54, 1.807) is 11.7 Å². The molecule has 47 valence electrons. The molecule has 0 aromatic heterocycles. The Hall–Kier alpha value is -0.200. The predicted molar refractivity (Wildman–Crippen MR) is 29.2 cm³/mol. The molecular formula is C3H10N5. The summed E-state index contributed by atoms with van der Waals surface area (Å²) < 4.78 is 0. The lowest BCUT2D eigenvalue weighted by molar-refractivity contribution is 0.0999. The molecule has 5 nitrogen and oxygen atoms in total. The van der Waals surface area contributed by atoms with Crippen molar-refractivity contribution in [2.24, 2.45) is 11.7 Å². The molecule has 8 heavy (non-hydrogen) atoms. The summed E-state index contributed by atoms with van der Waals surface area (Å²) in [5, 5.41) is 5.91. The van der Waals surface area contributed by atoms with Crippen molar-refractivity contribution < 1.29 is 0 Å². The second kappa shape index (κ2) is 2.38. The van der Waals surface area contributed by atoms with Gasteiger partial charge in [0.25, 0.3) is 0 Å². The Balaban J connectivity index is 2.23. The largest absolute Gasteiger partial charge is 0.284 e. The summed E-state index contributed by atoms with van der Waals surface area (Å²) in [6, 6.07) is 0. The van der Waals surface area contributed by atoms with Crippen molar-refractivity contribution >= 4 is 0 Å². The summed E-state index contributed by atoms with van der Waals surface area (Å²) in [6.45, 7) is 2.92. The third kappa shape index (κ3) is 1.39. The molecule has 0 atom stereocenters. The van der Waals surface area contributed by atoms with Gasteiger partial charge in [-0.3, -0.25) is 17.0 Å². The molecule has 1 heterocycles. The quantitative estimate of drug-likeness (QED) is 0.318. The van der Waals surface area contributed by atoms with E-state index >= 15 is 0 Å². The van der Waals surface area contributed by atoms with Crippen LogP contribution in [-0.2, 0) is 0 Å². The summed E-state index contributed by atoms with van der Waals surface area (Å²) in [4.78, 5) is 0. The zero-order valence-electron chi connectivity index (χ0n) is 4.54. The van der Waals surface area contributed by atoms with Crippen molar-refractivity contribution in [1.29, 1.82) is 0 Å². The first kappa shape index (κ1) is 5.93. The molecule has 0 aromatic rings. The average molecular weight is 116 g/mol. The number of hydrazine groups is 2. The fourth-order valence-corrected chi connectivity index (χ4v) is 0.576. The lowest BCUT2D eigenvalue weighted by atomic mass is 10.7. The average Bonchev–Trinajstić information content (AvgIpc) is 1.64. The van der Waals surface area contributed by atoms with Gasteiger partial charge in [-0.25, -0.2) is 10.0 Å². The number of nitrogens with two attached hydrogens (primary N) is 2. The number of hydrogen-bond donors (Lipinski definition) is 3. The molecule has 0 bridgehead atoms. The van der Waals surface area contributed by atoms with Gasteiger partial charge >= 0.3 is 0 Å². The lowest BCUT2D eigenvalue weighted by Gasteiger charge is -2.28. The molecule has 5 N–H and O–H groups in total. The first-order valence-corrected chi connectivity index (χ1v) is 2.37. The standard InChI is InChI=1S/C3H10N5/c4-7-1-6-2-8(5)3-7/h1,6H,2-5H2. The fraction of sp³-hybridized carbons (Fsp3) is 0.667. The van der Waals surface area contributed by atoms with Gasteiger partial charge in [0.2, 0.25) is 0 Å². The van der Waals surface area contributed by atoms with Gasteiger partial charge in [0, 0.05) is 0 Å². The van der Waals surface area contributed by atoms with E-state index in [0.29, 0.717) is 13.3 Å². The van der Waals surface area contributed by atoms with E-state index in [-0.39, 0.29) is 0 Å². The fourth-order valence-electron chi connectivity index (χ4n) is 0.576. The van der Waals surface area contributed by atoms with Gasteiger partial charge in [-0.1, -0.05) is 0 Å².